The molecule has 0 saturated heterocycles. The number of aromatic nitrogens is 1. The van der Waals surface area contributed by atoms with E-state index in [4.69, 9.17) is 0 Å². The molecule has 2 atom stereocenters. The molecule has 20 heavy (non-hydrogen) atoms. The van der Waals surface area contributed by atoms with E-state index in [0.29, 0.717) is 6.04 Å². The molecule has 0 aliphatic heterocycles. The predicted octanol–water partition coefficient (Wildman–Crippen LogP) is 4.45. The number of nitrogens with one attached hydrogen (secondary N) is 1. The van der Waals surface area contributed by atoms with Crippen LogP contribution < -0.4 is 5.32 Å². The Morgan fingerprint density at radius 2 is 1.75 bits per heavy atom. The average Bonchev–Trinajstić information content (AvgIpc) is 2.49. The van der Waals surface area contributed by atoms with E-state index in [1.165, 1.54) is 17.5 Å². The second kappa shape index (κ2) is 7.20. The number of aryl methyl sites for hydroxylation is 1. The molecule has 0 aliphatic rings. The maximum Gasteiger partial charge on any atom is 0.0570 e. The van der Waals surface area contributed by atoms with Gasteiger partial charge in [0.15, 0.2) is 0 Å². The predicted molar refractivity (Wildman–Crippen MR) is 84.6 cm³/mol. The minimum Gasteiger partial charge on any atom is -0.302 e. The van der Waals surface area contributed by atoms with Gasteiger partial charge in [0.25, 0.3) is 0 Å². The number of hydrogen-bond donors (Lipinski definition) is 1. The lowest BCUT2D eigenvalue weighted by Crippen LogP contribution is -2.23. The van der Waals surface area contributed by atoms with Crippen LogP contribution in [0.1, 0.15) is 56.1 Å². The van der Waals surface area contributed by atoms with E-state index in [1.54, 1.807) is 0 Å². The van der Waals surface area contributed by atoms with Crippen molar-refractivity contribution in [1.29, 1.82) is 0 Å². The average molecular weight is 268 g/mol. The van der Waals surface area contributed by atoms with Crippen molar-refractivity contribution in [2.75, 3.05) is 0 Å². The number of benzene rings is 1. The summed E-state index contributed by atoms with van der Waals surface area (Å²) in [7, 11) is 0. The van der Waals surface area contributed by atoms with Crippen LogP contribution in [-0.4, -0.2) is 4.98 Å². The normalized spacial score (nSPS) is 13.9. The zero-order chi connectivity index (χ0) is 14.4. The SMILES string of the molecule is CCCc1ccc(C(C)N[C@@H](C)c2ccccn2)cc1. The van der Waals surface area contributed by atoms with E-state index in [2.05, 4.69) is 61.4 Å². The van der Waals surface area contributed by atoms with Crippen LogP contribution in [0, 0.1) is 0 Å². The lowest BCUT2D eigenvalue weighted by atomic mass is 10.0. The van der Waals surface area contributed by atoms with Gasteiger partial charge in [0.1, 0.15) is 0 Å². The van der Waals surface area contributed by atoms with Gasteiger partial charge < -0.3 is 5.32 Å². The molecule has 0 aliphatic carbocycles. The van der Waals surface area contributed by atoms with Gasteiger partial charge in [0, 0.05) is 18.3 Å². The highest BCUT2D eigenvalue weighted by Gasteiger charge is 2.11. The van der Waals surface area contributed by atoms with E-state index in [1.807, 2.05) is 18.3 Å². The highest BCUT2D eigenvalue weighted by molar-refractivity contribution is 5.25. The Hall–Kier alpha value is -1.67. The van der Waals surface area contributed by atoms with Gasteiger partial charge in [0.05, 0.1) is 5.69 Å². The topological polar surface area (TPSA) is 24.9 Å². The van der Waals surface area contributed by atoms with Gasteiger partial charge >= 0.3 is 0 Å². The molecule has 0 spiro atoms. The van der Waals surface area contributed by atoms with Gasteiger partial charge in [-0.3, -0.25) is 4.98 Å². The van der Waals surface area contributed by atoms with Gasteiger partial charge in [0.2, 0.25) is 0 Å². The Labute approximate surface area is 122 Å². The van der Waals surface area contributed by atoms with E-state index in [0.717, 1.165) is 12.1 Å². The summed E-state index contributed by atoms with van der Waals surface area (Å²) in [5.74, 6) is 0. The molecule has 1 N–H and O–H groups in total. The molecular weight excluding hydrogens is 244 g/mol. The van der Waals surface area contributed by atoms with E-state index in [-0.39, 0.29) is 6.04 Å². The minimum atomic E-state index is 0.251. The molecule has 1 heterocycles. The van der Waals surface area contributed by atoms with Crippen LogP contribution in [0.4, 0.5) is 0 Å². The zero-order valence-corrected chi connectivity index (χ0v) is 12.6. The zero-order valence-electron chi connectivity index (χ0n) is 12.6. The first-order valence-corrected chi connectivity index (χ1v) is 7.46. The van der Waals surface area contributed by atoms with Crippen molar-refractivity contribution >= 4 is 0 Å². The summed E-state index contributed by atoms with van der Waals surface area (Å²) >= 11 is 0. The highest BCUT2D eigenvalue weighted by atomic mass is 15.0. The van der Waals surface area contributed by atoms with Crippen molar-refractivity contribution in [2.24, 2.45) is 0 Å². The Kier molecular flexibility index (Phi) is 5.31. The lowest BCUT2D eigenvalue weighted by Gasteiger charge is -2.20. The van der Waals surface area contributed by atoms with Crippen molar-refractivity contribution < 1.29 is 0 Å². The summed E-state index contributed by atoms with van der Waals surface area (Å²) in [6.07, 6.45) is 4.20. The summed E-state index contributed by atoms with van der Waals surface area (Å²) < 4.78 is 0. The van der Waals surface area contributed by atoms with Crippen LogP contribution >= 0.6 is 0 Å². The first-order valence-electron chi connectivity index (χ1n) is 7.46. The molecule has 1 aromatic heterocycles. The summed E-state index contributed by atoms with van der Waals surface area (Å²) in [6, 6.07) is 15.6. The molecule has 0 amide bonds. The number of pyridine rings is 1. The first-order chi connectivity index (χ1) is 9.70. The van der Waals surface area contributed by atoms with Crippen molar-refractivity contribution in [3.63, 3.8) is 0 Å². The summed E-state index contributed by atoms with van der Waals surface area (Å²) in [5, 5.41) is 3.60. The van der Waals surface area contributed by atoms with Crippen LogP contribution in [0.15, 0.2) is 48.7 Å². The quantitative estimate of drug-likeness (QED) is 0.837. The molecule has 2 aromatic rings. The van der Waals surface area contributed by atoms with E-state index in [9.17, 15) is 0 Å². The Bertz CT molecular complexity index is 505. The van der Waals surface area contributed by atoms with Crippen molar-refractivity contribution in [3.8, 4) is 0 Å². The van der Waals surface area contributed by atoms with Crippen LogP contribution in [0.3, 0.4) is 0 Å². The van der Waals surface area contributed by atoms with Crippen LogP contribution in [0.2, 0.25) is 0 Å². The molecule has 106 valence electrons. The fraction of sp³-hybridized carbons (Fsp3) is 0.389. The molecule has 1 aromatic carbocycles. The third kappa shape index (κ3) is 3.91. The smallest absolute Gasteiger partial charge is 0.0570 e. The number of hydrogen-bond acceptors (Lipinski definition) is 2. The second-order valence-corrected chi connectivity index (χ2v) is 5.36. The van der Waals surface area contributed by atoms with E-state index < -0.39 is 0 Å². The third-order valence-electron chi connectivity index (χ3n) is 3.65. The largest absolute Gasteiger partial charge is 0.302 e. The molecule has 0 fully saturated rings. The Balaban J connectivity index is 1.99. The molecule has 1 unspecified atom stereocenters. The van der Waals surface area contributed by atoms with Crippen LogP contribution in [0.5, 0.6) is 0 Å². The Morgan fingerprint density at radius 3 is 2.35 bits per heavy atom. The molecule has 0 bridgehead atoms. The fourth-order valence-electron chi connectivity index (χ4n) is 2.45. The first kappa shape index (κ1) is 14.7. The fourth-order valence-corrected chi connectivity index (χ4v) is 2.45. The van der Waals surface area contributed by atoms with Gasteiger partial charge in [-0.1, -0.05) is 43.7 Å². The van der Waals surface area contributed by atoms with E-state index >= 15 is 0 Å². The summed E-state index contributed by atoms with van der Waals surface area (Å²) in [4.78, 5) is 4.40. The molecular formula is C18H24N2. The van der Waals surface area contributed by atoms with Crippen LogP contribution in [-0.2, 0) is 6.42 Å². The second-order valence-electron chi connectivity index (χ2n) is 5.36. The van der Waals surface area contributed by atoms with Gasteiger partial charge in [-0.25, -0.2) is 0 Å². The van der Waals surface area contributed by atoms with Crippen molar-refractivity contribution in [2.45, 2.75) is 45.7 Å². The maximum absolute atomic E-state index is 4.40. The summed E-state index contributed by atoms with van der Waals surface area (Å²) in [5.41, 5.74) is 3.83. The van der Waals surface area contributed by atoms with Gasteiger partial charge in [-0.15, -0.1) is 0 Å². The standard InChI is InChI=1S/C18H24N2/c1-4-7-16-9-11-17(12-10-16)14(2)20-15(3)18-8-5-6-13-19-18/h5-6,8-15,20H,4,7H2,1-3H3/t14?,15-/m0/s1. The number of nitrogens with zero attached hydrogens (tertiary/aromatic N) is 1. The number of rotatable bonds is 6. The highest BCUT2D eigenvalue weighted by Crippen LogP contribution is 2.18. The van der Waals surface area contributed by atoms with Crippen LogP contribution in [0.25, 0.3) is 0 Å². The molecule has 0 radical (unpaired) electrons. The monoisotopic (exact) mass is 268 g/mol. The lowest BCUT2D eigenvalue weighted by molar-refractivity contribution is 0.486. The molecule has 2 rings (SSSR count). The van der Waals surface area contributed by atoms with Crippen molar-refractivity contribution in [1.82, 2.24) is 10.3 Å². The molecule has 0 saturated carbocycles. The summed E-state index contributed by atoms with van der Waals surface area (Å²) in [6.45, 7) is 6.57. The van der Waals surface area contributed by atoms with Crippen molar-refractivity contribution in [3.05, 3.63) is 65.5 Å². The Morgan fingerprint density at radius 1 is 1.00 bits per heavy atom. The third-order valence-corrected chi connectivity index (χ3v) is 3.65. The molecule has 2 nitrogen and oxygen atoms in total. The minimum absolute atomic E-state index is 0.251. The molecule has 2 heteroatoms. The van der Waals surface area contributed by atoms with Gasteiger partial charge in [-0.05, 0) is 43.5 Å². The maximum atomic E-state index is 4.40. The van der Waals surface area contributed by atoms with Gasteiger partial charge in [-0.2, -0.15) is 0 Å².